The van der Waals surface area contributed by atoms with E-state index < -0.39 is 17.1 Å². The number of hydrogen-bond donors (Lipinski definition) is 1. The van der Waals surface area contributed by atoms with E-state index in [0.717, 1.165) is 11.8 Å². The van der Waals surface area contributed by atoms with Gasteiger partial charge in [-0.05, 0) is 12.1 Å². The summed E-state index contributed by atoms with van der Waals surface area (Å²) in [5, 5.41) is 19.7. The lowest BCUT2D eigenvalue weighted by atomic mass is 10.3. The average Bonchev–Trinajstić information content (AvgIpc) is 2.81. The molecule has 1 N–H and O–H groups in total. The fourth-order valence-electron chi connectivity index (χ4n) is 1.23. The quantitative estimate of drug-likeness (QED) is 0.577. The Kier molecular flexibility index (Phi) is 3.78. The molecule has 7 nitrogen and oxygen atoms in total. The van der Waals surface area contributed by atoms with E-state index in [1.165, 1.54) is 12.5 Å². The molecule has 8 heteroatoms. The number of carbonyl (C=O) groups is 2. The van der Waals surface area contributed by atoms with Crippen LogP contribution >= 0.6 is 11.8 Å². The molecule has 1 atom stereocenters. The zero-order chi connectivity index (χ0) is 13.0. The van der Waals surface area contributed by atoms with E-state index in [-0.39, 0.29) is 11.6 Å². The first-order chi connectivity index (χ1) is 8.65. The molecule has 0 aromatic carbocycles. The number of carboxylic acids is 1. The van der Waals surface area contributed by atoms with Crippen molar-refractivity contribution in [2.24, 2.45) is 10.2 Å². The molecule has 0 unspecified atom stereocenters. The lowest BCUT2D eigenvalue weighted by molar-refractivity contribution is -0.304. The van der Waals surface area contributed by atoms with Gasteiger partial charge in [0.15, 0.2) is 5.17 Å². The van der Waals surface area contributed by atoms with Gasteiger partial charge in [0, 0.05) is 6.42 Å². The second-order valence-electron chi connectivity index (χ2n) is 3.34. The Morgan fingerprint density at radius 2 is 2.50 bits per heavy atom. The summed E-state index contributed by atoms with van der Waals surface area (Å²) in [6.45, 7) is 0. The highest BCUT2D eigenvalue weighted by atomic mass is 32.2. The van der Waals surface area contributed by atoms with Crippen molar-refractivity contribution in [1.82, 2.24) is 5.32 Å². The van der Waals surface area contributed by atoms with E-state index >= 15 is 0 Å². The number of furan rings is 1. The second kappa shape index (κ2) is 5.50. The van der Waals surface area contributed by atoms with Crippen molar-refractivity contribution in [3.05, 3.63) is 24.2 Å². The van der Waals surface area contributed by atoms with E-state index in [1.807, 2.05) is 0 Å². The van der Waals surface area contributed by atoms with Crippen LogP contribution in [0.15, 0.2) is 33.0 Å². The molecule has 0 saturated carbocycles. The third-order valence-corrected chi connectivity index (χ3v) is 3.06. The summed E-state index contributed by atoms with van der Waals surface area (Å²) < 4.78 is 4.99. The predicted molar refractivity (Wildman–Crippen MR) is 62.9 cm³/mol. The van der Waals surface area contributed by atoms with Gasteiger partial charge in [0.1, 0.15) is 5.76 Å². The molecule has 0 bridgehead atoms. The van der Waals surface area contributed by atoms with Crippen LogP contribution in [-0.4, -0.2) is 28.5 Å². The maximum Gasteiger partial charge on any atom is 0.227 e. The van der Waals surface area contributed by atoms with Gasteiger partial charge in [0.25, 0.3) is 0 Å². The minimum absolute atomic E-state index is 0.128. The van der Waals surface area contributed by atoms with Gasteiger partial charge < -0.3 is 19.6 Å². The summed E-state index contributed by atoms with van der Waals surface area (Å²) in [7, 11) is 0. The maximum absolute atomic E-state index is 11.2. The molecule has 94 valence electrons. The minimum atomic E-state index is -1.29. The van der Waals surface area contributed by atoms with Crippen LogP contribution in [0.5, 0.6) is 0 Å². The lowest BCUT2D eigenvalue weighted by Crippen LogP contribution is -2.44. The molecule has 1 fully saturated rings. The maximum atomic E-state index is 11.2. The van der Waals surface area contributed by atoms with Crippen molar-refractivity contribution in [3.63, 3.8) is 0 Å². The van der Waals surface area contributed by atoms with Crippen LogP contribution < -0.4 is 10.4 Å². The molecule has 0 aliphatic carbocycles. The molecular formula is C10H8N3O4S-. The number of amides is 1. The summed E-state index contributed by atoms with van der Waals surface area (Å²) in [6, 6.07) is 3.37. The number of amidine groups is 1. The Hall–Kier alpha value is -2.09. The standard InChI is InChI=1S/C10H9N3O4S/c14-8-4-7(9(15)16)18-10(12-8)13-11-5-6-2-1-3-17-6/h1-3,5,7H,4H2,(H,15,16)(H,12,13,14)/p-1/b11-5+/t7-/m0/s1. The lowest BCUT2D eigenvalue weighted by Gasteiger charge is -2.22. The van der Waals surface area contributed by atoms with Gasteiger partial charge in [-0.25, -0.2) is 0 Å². The number of aliphatic carboxylic acids is 1. The first-order valence-electron chi connectivity index (χ1n) is 4.97. The molecule has 1 aliphatic rings. The normalized spacial score (nSPS) is 22.3. The third kappa shape index (κ3) is 3.20. The van der Waals surface area contributed by atoms with Crippen molar-refractivity contribution in [3.8, 4) is 0 Å². The zero-order valence-corrected chi connectivity index (χ0v) is 9.85. The number of carbonyl (C=O) groups excluding carboxylic acids is 2. The Labute approximate surface area is 106 Å². The monoisotopic (exact) mass is 266 g/mol. The van der Waals surface area contributed by atoms with Crippen LogP contribution in [-0.2, 0) is 9.59 Å². The Morgan fingerprint density at radius 3 is 3.17 bits per heavy atom. The van der Waals surface area contributed by atoms with Crippen LogP contribution in [0.1, 0.15) is 12.2 Å². The van der Waals surface area contributed by atoms with Gasteiger partial charge >= 0.3 is 0 Å². The van der Waals surface area contributed by atoms with E-state index in [0.29, 0.717) is 5.76 Å². The summed E-state index contributed by atoms with van der Waals surface area (Å²) in [5.41, 5.74) is 0. The first-order valence-corrected chi connectivity index (χ1v) is 5.85. The fourth-order valence-corrected chi connectivity index (χ4v) is 2.09. The molecule has 1 aromatic rings. The minimum Gasteiger partial charge on any atom is -0.549 e. The Balaban J connectivity index is 2.03. The van der Waals surface area contributed by atoms with Gasteiger partial charge in [-0.3, -0.25) is 4.79 Å². The Morgan fingerprint density at radius 1 is 1.67 bits per heavy atom. The van der Waals surface area contributed by atoms with E-state index in [1.54, 1.807) is 12.1 Å². The van der Waals surface area contributed by atoms with Crippen molar-refractivity contribution in [1.29, 1.82) is 0 Å². The van der Waals surface area contributed by atoms with Crippen molar-refractivity contribution >= 4 is 35.0 Å². The van der Waals surface area contributed by atoms with Gasteiger partial charge in [-0.15, -0.1) is 5.10 Å². The molecule has 2 heterocycles. The highest BCUT2D eigenvalue weighted by Crippen LogP contribution is 2.19. The summed E-state index contributed by atoms with van der Waals surface area (Å²) in [5.74, 6) is -1.21. The highest BCUT2D eigenvalue weighted by molar-refractivity contribution is 8.15. The molecular weight excluding hydrogens is 258 g/mol. The van der Waals surface area contributed by atoms with Gasteiger partial charge in [-0.2, -0.15) is 5.10 Å². The smallest absolute Gasteiger partial charge is 0.227 e. The molecule has 1 aliphatic heterocycles. The van der Waals surface area contributed by atoms with Crippen LogP contribution in [0.25, 0.3) is 0 Å². The second-order valence-corrected chi connectivity index (χ2v) is 4.53. The average molecular weight is 266 g/mol. The summed E-state index contributed by atoms with van der Waals surface area (Å²) in [6.07, 6.45) is 2.70. The number of nitrogens with one attached hydrogen (secondary N) is 1. The molecule has 0 spiro atoms. The van der Waals surface area contributed by atoms with Gasteiger partial charge in [-0.1, -0.05) is 11.8 Å². The van der Waals surface area contributed by atoms with E-state index in [2.05, 4.69) is 15.5 Å². The molecule has 0 radical (unpaired) electrons. The van der Waals surface area contributed by atoms with Gasteiger partial charge in [0.2, 0.25) is 5.91 Å². The van der Waals surface area contributed by atoms with Crippen LogP contribution in [0, 0.1) is 0 Å². The van der Waals surface area contributed by atoms with E-state index in [4.69, 9.17) is 4.42 Å². The van der Waals surface area contributed by atoms with Crippen LogP contribution in [0.2, 0.25) is 0 Å². The first kappa shape index (κ1) is 12.4. The molecule has 2 rings (SSSR count). The molecule has 1 saturated heterocycles. The number of carboxylic acid groups (broad SMARTS) is 1. The number of thioether (sulfide) groups is 1. The zero-order valence-electron chi connectivity index (χ0n) is 9.03. The molecule has 1 amide bonds. The SMILES string of the molecule is O=C1C[C@@H](C(=O)[O-])S/C(=N/N=C/c2ccco2)N1. The third-order valence-electron chi connectivity index (χ3n) is 2.01. The number of nitrogens with zero attached hydrogens (tertiary/aromatic N) is 2. The fraction of sp³-hybridized carbons (Fsp3) is 0.200. The predicted octanol–water partition coefficient (Wildman–Crippen LogP) is -0.659. The highest BCUT2D eigenvalue weighted by Gasteiger charge is 2.25. The van der Waals surface area contributed by atoms with Crippen molar-refractivity contribution < 1.29 is 19.1 Å². The van der Waals surface area contributed by atoms with E-state index in [9.17, 15) is 14.7 Å². The summed E-state index contributed by atoms with van der Waals surface area (Å²) >= 11 is 0.892. The topological polar surface area (TPSA) is 107 Å². The molecule has 1 aromatic heterocycles. The van der Waals surface area contributed by atoms with Crippen molar-refractivity contribution in [2.75, 3.05) is 0 Å². The largest absolute Gasteiger partial charge is 0.549 e. The van der Waals surface area contributed by atoms with Crippen molar-refractivity contribution in [2.45, 2.75) is 11.7 Å². The number of hydrogen-bond acceptors (Lipinski definition) is 7. The Bertz CT molecular complexity index is 509. The van der Waals surface area contributed by atoms with Crippen LogP contribution in [0.4, 0.5) is 0 Å². The number of rotatable bonds is 3. The summed E-state index contributed by atoms with van der Waals surface area (Å²) in [4.78, 5) is 21.9. The van der Waals surface area contributed by atoms with Crippen LogP contribution in [0.3, 0.4) is 0 Å². The molecule has 18 heavy (non-hydrogen) atoms. The van der Waals surface area contributed by atoms with Gasteiger partial charge in [0.05, 0.1) is 23.7 Å².